The van der Waals surface area contributed by atoms with E-state index in [0.29, 0.717) is 62.7 Å². The number of halogens is 3. The fourth-order valence-corrected chi connectivity index (χ4v) is 5.91. The maximum absolute atomic E-state index is 13.3. The number of morpholine rings is 1. The third-order valence-corrected chi connectivity index (χ3v) is 8.17. The summed E-state index contributed by atoms with van der Waals surface area (Å²) in [4.78, 5) is 20.3. The molecular weight excluding hydrogens is 559 g/mol. The lowest BCUT2D eigenvalue weighted by atomic mass is 9.97. The van der Waals surface area contributed by atoms with Crippen molar-refractivity contribution in [1.82, 2.24) is 9.88 Å². The standard InChI is InChI=1S/C29H32F3N3O5S/c1-19-2-5-25(23(14-19)24-18-41-28(33-24)35-8-6-21(7-9-35)27(36)37)39-17-22-4-3-20(15-26(22)40-29(30,31)32)16-34-10-12-38-13-11-34/h2-5,14-15,18,21H,6-13,16-17H2,1H3,(H,36,37). The molecule has 0 aliphatic carbocycles. The van der Waals surface area contributed by atoms with Gasteiger partial charge in [0, 0.05) is 49.2 Å². The number of aryl methyl sites for hydroxylation is 1. The number of carboxylic acids is 1. The third kappa shape index (κ3) is 7.69. The lowest BCUT2D eigenvalue weighted by Crippen LogP contribution is -2.36. The fourth-order valence-electron chi connectivity index (χ4n) is 5.03. The van der Waals surface area contributed by atoms with Crippen molar-refractivity contribution in [3.05, 3.63) is 58.5 Å². The second-order valence-electron chi connectivity index (χ2n) is 10.3. The Labute approximate surface area is 240 Å². The number of aromatic nitrogens is 1. The van der Waals surface area contributed by atoms with E-state index in [9.17, 15) is 23.1 Å². The summed E-state index contributed by atoms with van der Waals surface area (Å²) in [6.45, 7) is 6.18. The normalized spacial score (nSPS) is 17.0. The highest BCUT2D eigenvalue weighted by molar-refractivity contribution is 7.14. The molecule has 12 heteroatoms. The zero-order chi connectivity index (χ0) is 29.0. The minimum Gasteiger partial charge on any atom is -0.488 e. The molecule has 8 nitrogen and oxygen atoms in total. The van der Waals surface area contributed by atoms with Gasteiger partial charge in [0.15, 0.2) is 5.13 Å². The number of benzene rings is 2. The van der Waals surface area contributed by atoms with E-state index in [1.54, 1.807) is 18.2 Å². The Morgan fingerprint density at radius 1 is 1.10 bits per heavy atom. The molecule has 3 aromatic rings. The summed E-state index contributed by atoms with van der Waals surface area (Å²) in [5.41, 5.74) is 3.40. The Kier molecular flexibility index (Phi) is 9.00. The second-order valence-corrected chi connectivity index (χ2v) is 11.1. The highest BCUT2D eigenvalue weighted by Gasteiger charge is 2.32. The van der Waals surface area contributed by atoms with Gasteiger partial charge in [0.25, 0.3) is 0 Å². The summed E-state index contributed by atoms with van der Waals surface area (Å²) in [5.74, 6) is -0.881. The largest absolute Gasteiger partial charge is 0.573 e. The molecule has 5 rings (SSSR count). The molecule has 0 bridgehead atoms. The van der Waals surface area contributed by atoms with Crippen LogP contribution >= 0.6 is 11.3 Å². The van der Waals surface area contributed by atoms with Crippen LogP contribution in [0.1, 0.15) is 29.5 Å². The van der Waals surface area contributed by atoms with Crippen molar-refractivity contribution in [2.75, 3.05) is 44.3 Å². The van der Waals surface area contributed by atoms with Gasteiger partial charge in [0.05, 0.1) is 24.8 Å². The van der Waals surface area contributed by atoms with Gasteiger partial charge < -0.3 is 24.2 Å². The van der Waals surface area contributed by atoms with Crippen molar-refractivity contribution < 1.29 is 37.3 Å². The number of rotatable bonds is 9. The SMILES string of the molecule is Cc1ccc(OCc2ccc(CN3CCOCC3)cc2OC(F)(F)F)c(-c2csc(N3CCC(C(=O)O)CC3)n2)c1. The van der Waals surface area contributed by atoms with E-state index >= 15 is 0 Å². The number of piperidine rings is 1. The number of nitrogens with zero attached hydrogens (tertiary/aromatic N) is 3. The first-order valence-corrected chi connectivity index (χ1v) is 14.4. The number of thiazole rings is 1. The maximum atomic E-state index is 13.3. The molecule has 2 saturated heterocycles. The van der Waals surface area contributed by atoms with Gasteiger partial charge in [-0.1, -0.05) is 23.8 Å². The second kappa shape index (κ2) is 12.7. The van der Waals surface area contributed by atoms with Gasteiger partial charge in [0.2, 0.25) is 0 Å². The van der Waals surface area contributed by atoms with Crippen LogP contribution in [0.15, 0.2) is 41.8 Å². The Bertz CT molecular complexity index is 1350. The van der Waals surface area contributed by atoms with Crippen LogP contribution < -0.4 is 14.4 Å². The molecule has 0 radical (unpaired) electrons. The number of hydrogen-bond acceptors (Lipinski definition) is 8. The first-order chi connectivity index (χ1) is 19.6. The molecule has 2 aliphatic heterocycles. The smallest absolute Gasteiger partial charge is 0.488 e. The van der Waals surface area contributed by atoms with Gasteiger partial charge in [-0.3, -0.25) is 9.69 Å². The van der Waals surface area contributed by atoms with Crippen LogP contribution in [0, 0.1) is 12.8 Å². The average molecular weight is 592 g/mol. The summed E-state index contributed by atoms with van der Waals surface area (Å²) >= 11 is 1.47. The van der Waals surface area contributed by atoms with Crippen molar-refractivity contribution in [3.8, 4) is 22.8 Å². The molecule has 2 fully saturated rings. The van der Waals surface area contributed by atoms with Crippen LogP contribution in [0.3, 0.4) is 0 Å². The van der Waals surface area contributed by atoms with Crippen LogP contribution in [0.25, 0.3) is 11.3 Å². The molecule has 220 valence electrons. The van der Waals surface area contributed by atoms with Crippen molar-refractivity contribution in [1.29, 1.82) is 0 Å². The average Bonchev–Trinajstić information content (AvgIpc) is 3.43. The Morgan fingerprint density at radius 3 is 2.56 bits per heavy atom. The summed E-state index contributed by atoms with van der Waals surface area (Å²) < 4.78 is 55.7. The van der Waals surface area contributed by atoms with Gasteiger partial charge >= 0.3 is 12.3 Å². The van der Waals surface area contributed by atoms with Crippen molar-refractivity contribution in [2.24, 2.45) is 5.92 Å². The van der Waals surface area contributed by atoms with Crippen LogP contribution in [0.2, 0.25) is 0 Å². The first kappa shape index (κ1) is 29.2. The molecule has 0 atom stereocenters. The number of hydrogen-bond donors (Lipinski definition) is 1. The van der Waals surface area contributed by atoms with Gasteiger partial charge in [-0.15, -0.1) is 24.5 Å². The monoisotopic (exact) mass is 591 g/mol. The van der Waals surface area contributed by atoms with Gasteiger partial charge in [-0.25, -0.2) is 4.98 Å². The predicted octanol–water partition coefficient (Wildman–Crippen LogP) is 5.73. The molecular formula is C29H32F3N3O5S. The number of alkyl halides is 3. The minimum absolute atomic E-state index is 0.126. The maximum Gasteiger partial charge on any atom is 0.573 e. The first-order valence-electron chi connectivity index (χ1n) is 13.5. The number of ether oxygens (including phenoxy) is 3. The zero-order valence-electron chi connectivity index (χ0n) is 22.7. The van der Waals surface area contributed by atoms with E-state index in [1.165, 1.54) is 17.4 Å². The summed E-state index contributed by atoms with van der Waals surface area (Å²) in [5, 5.41) is 12.0. The molecule has 0 saturated carbocycles. The van der Waals surface area contributed by atoms with E-state index in [4.69, 9.17) is 14.5 Å². The predicted molar refractivity (Wildman–Crippen MR) is 148 cm³/mol. The molecule has 0 spiro atoms. The van der Waals surface area contributed by atoms with Crippen molar-refractivity contribution >= 4 is 22.4 Å². The van der Waals surface area contributed by atoms with Crippen LogP contribution in [0.4, 0.5) is 18.3 Å². The van der Waals surface area contributed by atoms with Crippen LogP contribution in [0.5, 0.6) is 11.5 Å². The Hall–Kier alpha value is -3.35. The summed E-state index contributed by atoms with van der Waals surface area (Å²) in [6, 6.07) is 10.4. The van der Waals surface area contributed by atoms with E-state index < -0.39 is 12.3 Å². The Balaban J connectivity index is 1.32. The quantitative estimate of drug-likeness (QED) is 0.338. The molecule has 0 unspecified atom stereocenters. The van der Waals surface area contributed by atoms with E-state index in [2.05, 4.69) is 14.5 Å². The van der Waals surface area contributed by atoms with Crippen LogP contribution in [-0.2, 0) is 22.7 Å². The highest BCUT2D eigenvalue weighted by atomic mass is 32.1. The third-order valence-electron chi connectivity index (χ3n) is 7.27. The van der Waals surface area contributed by atoms with Gasteiger partial charge in [-0.05, 0) is 43.5 Å². The molecule has 2 aliphatic rings. The molecule has 41 heavy (non-hydrogen) atoms. The van der Waals surface area contributed by atoms with Gasteiger partial charge in [-0.2, -0.15) is 0 Å². The molecule has 1 aromatic heterocycles. The Morgan fingerprint density at radius 2 is 1.85 bits per heavy atom. The van der Waals surface area contributed by atoms with E-state index in [0.717, 1.165) is 29.3 Å². The van der Waals surface area contributed by atoms with Crippen molar-refractivity contribution in [2.45, 2.75) is 39.3 Å². The number of aliphatic carboxylic acids is 1. The van der Waals surface area contributed by atoms with Crippen LogP contribution in [-0.4, -0.2) is 66.7 Å². The highest BCUT2D eigenvalue weighted by Crippen LogP contribution is 2.37. The number of anilines is 1. The lowest BCUT2D eigenvalue weighted by molar-refractivity contribution is -0.275. The fraction of sp³-hybridized carbons (Fsp3) is 0.448. The summed E-state index contributed by atoms with van der Waals surface area (Å²) in [6.07, 6.45) is -3.70. The topological polar surface area (TPSA) is 84.4 Å². The molecule has 1 N–H and O–H groups in total. The van der Waals surface area contributed by atoms with Gasteiger partial charge in [0.1, 0.15) is 18.1 Å². The number of carbonyl (C=O) groups is 1. The number of carboxylic acid groups (broad SMARTS) is 1. The summed E-state index contributed by atoms with van der Waals surface area (Å²) in [7, 11) is 0. The molecule has 0 amide bonds. The van der Waals surface area contributed by atoms with E-state index in [1.807, 2.05) is 24.4 Å². The molecule has 2 aromatic carbocycles. The van der Waals surface area contributed by atoms with Crippen molar-refractivity contribution in [3.63, 3.8) is 0 Å². The molecule has 3 heterocycles. The zero-order valence-corrected chi connectivity index (χ0v) is 23.5. The lowest BCUT2D eigenvalue weighted by Gasteiger charge is -2.29. The van der Waals surface area contributed by atoms with E-state index in [-0.39, 0.29) is 23.8 Å². The minimum atomic E-state index is -4.84.